The van der Waals surface area contributed by atoms with Crippen LogP contribution in [0.3, 0.4) is 0 Å². The molecule has 4 heteroatoms. The fraction of sp³-hybridized carbons (Fsp3) is 0.281. The molecule has 0 aliphatic carbocycles. The summed E-state index contributed by atoms with van der Waals surface area (Å²) in [7, 11) is 0. The summed E-state index contributed by atoms with van der Waals surface area (Å²) in [6.45, 7) is 8.71. The number of rotatable bonds is 5. The van der Waals surface area contributed by atoms with E-state index >= 15 is 0 Å². The summed E-state index contributed by atoms with van der Waals surface area (Å²) in [6, 6.07) is 30.6. The van der Waals surface area contributed by atoms with Gasteiger partial charge in [-0.1, -0.05) is 75.4 Å². The van der Waals surface area contributed by atoms with E-state index in [4.69, 9.17) is 4.74 Å². The van der Waals surface area contributed by atoms with E-state index < -0.39 is 0 Å². The van der Waals surface area contributed by atoms with Crippen molar-refractivity contribution in [3.05, 3.63) is 125 Å². The van der Waals surface area contributed by atoms with Gasteiger partial charge in [-0.05, 0) is 64.9 Å². The first kappa shape index (κ1) is 23.9. The Hall–Kier alpha value is -3.79. The molecule has 0 saturated carbocycles. The van der Waals surface area contributed by atoms with E-state index in [-0.39, 0.29) is 17.4 Å². The van der Waals surface area contributed by atoms with E-state index in [0.29, 0.717) is 13.2 Å². The Morgan fingerprint density at radius 2 is 1.58 bits per heavy atom. The number of aromatic nitrogens is 1. The molecule has 5 rings (SSSR count). The summed E-state index contributed by atoms with van der Waals surface area (Å²) in [5.74, 6) is 0.891. The van der Waals surface area contributed by atoms with Gasteiger partial charge in [0.25, 0.3) is 5.91 Å². The van der Waals surface area contributed by atoms with Crippen molar-refractivity contribution in [2.45, 2.75) is 51.8 Å². The molecule has 0 spiro atoms. The number of amides is 1. The Bertz CT molecular complexity index is 1300. The quantitative estimate of drug-likeness (QED) is 0.309. The van der Waals surface area contributed by atoms with Gasteiger partial charge in [-0.2, -0.15) is 0 Å². The lowest BCUT2D eigenvalue weighted by atomic mass is 9.86. The first-order chi connectivity index (χ1) is 17.4. The highest BCUT2D eigenvalue weighted by atomic mass is 16.5. The van der Waals surface area contributed by atoms with Gasteiger partial charge in [-0.3, -0.25) is 4.79 Å². The number of ether oxygens (including phenoxy) is 1. The van der Waals surface area contributed by atoms with Crippen LogP contribution in [-0.4, -0.2) is 21.9 Å². The van der Waals surface area contributed by atoms with Crippen LogP contribution in [0.4, 0.5) is 0 Å². The second kappa shape index (κ2) is 10.1. The molecule has 0 N–H and O–H groups in total. The lowest BCUT2D eigenvalue weighted by Gasteiger charge is -2.31. The number of fused-ring (bicyclic) bond motifs is 1. The number of hydrogen-bond acceptors (Lipinski definition) is 2. The highest BCUT2D eigenvalue weighted by Gasteiger charge is 2.31. The Labute approximate surface area is 214 Å². The minimum absolute atomic E-state index is 0.0534. The van der Waals surface area contributed by atoms with Gasteiger partial charge in [0, 0.05) is 30.5 Å². The van der Waals surface area contributed by atoms with Crippen molar-refractivity contribution in [2.24, 2.45) is 0 Å². The number of nitrogens with zero attached hydrogens (tertiary/aromatic N) is 2. The van der Waals surface area contributed by atoms with Crippen LogP contribution >= 0.6 is 0 Å². The SMILES string of the molecule is CC(C)(C)c1ccc(C(=O)N2CCCn3cccc3C2c2ccc(OCc3ccccc3)cc2)cc1. The lowest BCUT2D eigenvalue weighted by Crippen LogP contribution is -2.35. The molecule has 36 heavy (non-hydrogen) atoms. The van der Waals surface area contributed by atoms with E-state index in [0.717, 1.165) is 41.1 Å². The van der Waals surface area contributed by atoms with Crippen LogP contribution in [0.5, 0.6) is 5.75 Å². The Balaban J connectivity index is 1.42. The second-order valence-corrected chi connectivity index (χ2v) is 10.6. The minimum Gasteiger partial charge on any atom is -0.489 e. The third-order valence-electron chi connectivity index (χ3n) is 6.96. The van der Waals surface area contributed by atoms with Gasteiger partial charge in [0.15, 0.2) is 0 Å². The lowest BCUT2D eigenvalue weighted by molar-refractivity contribution is 0.0709. The molecule has 1 amide bonds. The van der Waals surface area contributed by atoms with Gasteiger partial charge in [0.2, 0.25) is 0 Å². The van der Waals surface area contributed by atoms with Gasteiger partial charge < -0.3 is 14.2 Å². The van der Waals surface area contributed by atoms with Crippen molar-refractivity contribution in [3.63, 3.8) is 0 Å². The molecule has 1 atom stereocenters. The van der Waals surface area contributed by atoms with Crippen molar-refractivity contribution in [1.82, 2.24) is 9.47 Å². The van der Waals surface area contributed by atoms with Crippen LogP contribution in [0.25, 0.3) is 0 Å². The number of carbonyl (C=O) groups is 1. The summed E-state index contributed by atoms with van der Waals surface area (Å²) in [6.07, 6.45) is 3.04. The molecule has 1 aliphatic heterocycles. The zero-order chi connectivity index (χ0) is 25.1. The smallest absolute Gasteiger partial charge is 0.254 e. The van der Waals surface area contributed by atoms with Crippen molar-refractivity contribution < 1.29 is 9.53 Å². The van der Waals surface area contributed by atoms with Crippen LogP contribution in [-0.2, 0) is 18.6 Å². The van der Waals surface area contributed by atoms with Crippen molar-refractivity contribution in [3.8, 4) is 5.75 Å². The number of carbonyl (C=O) groups excluding carboxylic acids is 1. The molecular weight excluding hydrogens is 444 g/mol. The normalized spacial score (nSPS) is 15.8. The average molecular weight is 479 g/mol. The monoisotopic (exact) mass is 478 g/mol. The van der Waals surface area contributed by atoms with Crippen LogP contribution in [0.2, 0.25) is 0 Å². The molecule has 0 radical (unpaired) electrons. The zero-order valence-electron chi connectivity index (χ0n) is 21.4. The standard InChI is InChI=1S/C32H34N2O2/c1-32(2,3)27-16-12-26(13-17-27)31(35)34-22-8-21-33-20-7-11-29(33)30(34)25-14-18-28(19-15-25)36-23-24-9-5-4-6-10-24/h4-7,9-20,30H,8,21-23H2,1-3H3. The molecule has 4 aromatic rings. The van der Waals surface area contributed by atoms with Crippen molar-refractivity contribution in [2.75, 3.05) is 6.54 Å². The molecule has 2 heterocycles. The molecule has 0 bridgehead atoms. The first-order valence-electron chi connectivity index (χ1n) is 12.7. The average Bonchev–Trinajstić information content (AvgIpc) is 3.27. The summed E-state index contributed by atoms with van der Waals surface area (Å²) >= 11 is 0. The maximum atomic E-state index is 13.8. The second-order valence-electron chi connectivity index (χ2n) is 10.6. The molecule has 1 aromatic heterocycles. The van der Waals surface area contributed by atoms with Crippen molar-refractivity contribution in [1.29, 1.82) is 0 Å². The van der Waals surface area contributed by atoms with Gasteiger partial charge in [-0.15, -0.1) is 0 Å². The van der Waals surface area contributed by atoms with E-state index in [1.54, 1.807) is 0 Å². The van der Waals surface area contributed by atoms with Gasteiger partial charge in [0.1, 0.15) is 12.4 Å². The third-order valence-corrected chi connectivity index (χ3v) is 6.96. The largest absolute Gasteiger partial charge is 0.489 e. The van der Waals surface area contributed by atoms with Crippen LogP contribution in [0.1, 0.15) is 66.0 Å². The summed E-state index contributed by atoms with van der Waals surface area (Å²) in [5.41, 5.74) is 5.38. The summed E-state index contributed by atoms with van der Waals surface area (Å²) < 4.78 is 8.29. The maximum absolute atomic E-state index is 13.8. The Kier molecular flexibility index (Phi) is 6.69. The molecule has 184 valence electrons. The highest BCUT2D eigenvalue weighted by molar-refractivity contribution is 5.94. The van der Waals surface area contributed by atoms with E-state index in [9.17, 15) is 4.79 Å². The van der Waals surface area contributed by atoms with Gasteiger partial charge >= 0.3 is 0 Å². The maximum Gasteiger partial charge on any atom is 0.254 e. The van der Waals surface area contributed by atoms with Gasteiger partial charge in [-0.25, -0.2) is 0 Å². The molecule has 0 saturated heterocycles. The van der Waals surface area contributed by atoms with Crippen LogP contribution in [0.15, 0.2) is 97.2 Å². The number of aryl methyl sites for hydroxylation is 1. The summed E-state index contributed by atoms with van der Waals surface area (Å²) in [5, 5.41) is 0. The van der Waals surface area contributed by atoms with Crippen molar-refractivity contribution >= 4 is 5.91 Å². The van der Waals surface area contributed by atoms with E-state index in [1.807, 2.05) is 47.4 Å². The Morgan fingerprint density at radius 3 is 2.28 bits per heavy atom. The van der Waals surface area contributed by atoms with Crippen LogP contribution < -0.4 is 4.74 Å². The molecule has 0 fully saturated rings. The van der Waals surface area contributed by atoms with E-state index in [1.165, 1.54) is 5.56 Å². The predicted molar refractivity (Wildman–Crippen MR) is 144 cm³/mol. The summed E-state index contributed by atoms with van der Waals surface area (Å²) in [4.78, 5) is 15.9. The number of hydrogen-bond donors (Lipinski definition) is 0. The molecule has 1 unspecified atom stereocenters. The van der Waals surface area contributed by atoms with Gasteiger partial charge in [0.05, 0.1) is 6.04 Å². The first-order valence-corrected chi connectivity index (χ1v) is 12.7. The number of benzene rings is 3. The fourth-order valence-electron chi connectivity index (χ4n) is 4.91. The fourth-order valence-corrected chi connectivity index (χ4v) is 4.91. The third kappa shape index (κ3) is 5.08. The molecule has 4 nitrogen and oxygen atoms in total. The minimum atomic E-state index is -0.152. The molecule has 1 aliphatic rings. The predicted octanol–water partition coefficient (Wildman–Crippen LogP) is 7.00. The Morgan fingerprint density at radius 1 is 0.861 bits per heavy atom. The molecular formula is C32H34N2O2. The van der Waals surface area contributed by atoms with E-state index in [2.05, 4.69) is 80.1 Å². The zero-order valence-corrected chi connectivity index (χ0v) is 21.4. The van der Waals surface area contributed by atoms with Crippen LogP contribution in [0, 0.1) is 0 Å². The molecule has 3 aromatic carbocycles. The topological polar surface area (TPSA) is 34.5 Å². The highest BCUT2D eigenvalue weighted by Crippen LogP contribution is 2.34.